The van der Waals surface area contributed by atoms with Gasteiger partial charge >= 0.3 is 0 Å². The van der Waals surface area contributed by atoms with Gasteiger partial charge in [-0.2, -0.15) is 0 Å². The van der Waals surface area contributed by atoms with E-state index < -0.39 is 0 Å². The molecule has 0 aromatic heterocycles. The maximum atomic E-state index is 3.83. The predicted octanol–water partition coefficient (Wildman–Crippen LogP) is 7.19. The van der Waals surface area contributed by atoms with Crippen molar-refractivity contribution in [3.63, 3.8) is 0 Å². The summed E-state index contributed by atoms with van der Waals surface area (Å²) >= 11 is 0. The first-order chi connectivity index (χ1) is 13.3. The summed E-state index contributed by atoms with van der Waals surface area (Å²) in [5.41, 5.74) is 3.22. The molecule has 0 spiro atoms. The van der Waals surface area contributed by atoms with Crippen molar-refractivity contribution in [1.29, 1.82) is 0 Å². The van der Waals surface area contributed by atoms with E-state index in [2.05, 4.69) is 90.8 Å². The molecule has 0 aliphatic carbocycles. The highest BCUT2D eigenvalue weighted by molar-refractivity contribution is 6.08. The van der Waals surface area contributed by atoms with Crippen molar-refractivity contribution in [2.45, 2.75) is 0 Å². The lowest BCUT2D eigenvalue weighted by molar-refractivity contribution is 1.49. The molecular formula is C26H21N. The smallest absolute Gasteiger partial charge is 0.0390 e. The van der Waals surface area contributed by atoms with Gasteiger partial charge < -0.3 is 5.32 Å². The second-order valence-corrected chi connectivity index (χ2v) is 6.45. The zero-order chi connectivity index (χ0) is 18.5. The van der Waals surface area contributed by atoms with E-state index in [9.17, 15) is 0 Å². The number of nitrogens with one attached hydrogen (secondary N) is 1. The van der Waals surface area contributed by atoms with Gasteiger partial charge in [0.05, 0.1) is 0 Å². The van der Waals surface area contributed by atoms with E-state index in [1.807, 2.05) is 24.3 Å². The molecule has 0 atom stereocenters. The third kappa shape index (κ3) is 3.83. The van der Waals surface area contributed by atoms with Gasteiger partial charge in [-0.25, -0.2) is 0 Å². The second kappa shape index (κ2) is 7.76. The zero-order valence-electron chi connectivity index (χ0n) is 15.1. The Bertz CT molecular complexity index is 1150. The Morgan fingerprint density at radius 1 is 0.741 bits per heavy atom. The van der Waals surface area contributed by atoms with Crippen LogP contribution in [-0.2, 0) is 0 Å². The normalized spacial score (nSPS) is 11.9. The summed E-state index contributed by atoms with van der Waals surface area (Å²) < 4.78 is 0. The molecule has 0 unspecified atom stereocenters. The fourth-order valence-corrected chi connectivity index (χ4v) is 3.27. The van der Waals surface area contributed by atoms with Crippen LogP contribution in [0.25, 0.3) is 27.6 Å². The first-order valence-electron chi connectivity index (χ1n) is 9.08. The Labute approximate surface area is 160 Å². The van der Waals surface area contributed by atoms with Crippen LogP contribution >= 0.6 is 0 Å². The van der Waals surface area contributed by atoms with Gasteiger partial charge in [0, 0.05) is 11.4 Å². The highest BCUT2D eigenvalue weighted by Gasteiger charge is 2.02. The lowest BCUT2D eigenvalue weighted by Gasteiger charge is -2.10. The number of hydrogen-bond donors (Lipinski definition) is 1. The van der Waals surface area contributed by atoms with Crippen molar-refractivity contribution in [3.8, 4) is 0 Å². The van der Waals surface area contributed by atoms with Crippen LogP contribution in [0.5, 0.6) is 0 Å². The minimum Gasteiger partial charge on any atom is -0.356 e. The molecular weight excluding hydrogens is 326 g/mol. The van der Waals surface area contributed by atoms with Crippen LogP contribution in [0, 0.1) is 0 Å². The second-order valence-electron chi connectivity index (χ2n) is 6.45. The summed E-state index contributed by atoms with van der Waals surface area (Å²) in [6.45, 7) is 3.83. The van der Waals surface area contributed by atoms with E-state index in [1.165, 1.54) is 27.1 Å². The molecule has 130 valence electrons. The number of benzene rings is 4. The van der Waals surface area contributed by atoms with E-state index in [0.29, 0.717) is 0 Å². The van der Waals surface area contributed by atoms with Crippen molar-refractivity contribution < 1.29 is 0 Å². The summed E-state index contributed by atoms with van der Waals surface area (Å²) in [6.07, 6.45) is 7.94. The number of hydrogen-bond acceptors (Lipinski definition) is 1. The van der Waals surface area contributed by atoms with E-state index in [-0.39, 0.29) is 0 Å². The summed E-state index contributed by atoms with van der Waals surface area (Å²) in [5, 5.41) is 8.54. The first kappa shape index (κ1) is 16.9. The van der Waals surface area contributed by atoms with Gasteiger partial charge in [0.15, 0.2) is 0 Å². The predicted molar refractivity (Wildman–Crippen MR) is 119 cm³/mol. The van der Waals surface area contributed by atoms with Crippen molar-refractivity contribution in [1.82, 2.24) is 0 Å². The van der Waals surface area contributed by atoms with Crippen molar-refractivity contribution in [2.24, 2.45) is 0 Å². The molecule has 1 heteroatoms. The molecule has 0 saturated carbocycles. The summed E-state index contributed by atoms with van der Waals surface area (Å²) in [7, 11) is 0. The standard InChI is InChI=1S/C26H21N/c1-2-8-23(16-13-20-9-4-3-5-10-20)27-24-17-18-26-22(19-24)15-14-21-11-6-7-12-25(21)26/h2-19,27H,1H2/b16-13+,23-8+. The van der Waals surface area contributed by atoms with Crippen LogP contribution in [-0.4, -0.2) is 0 Å². The molecule has 4 aromatic carbocycles. The van der Waals surface area contributed by atoms with Crippen molar-refractivity contribution in [3.05, 3.63) is 121 Å². The van der Waals surface area contributed by atoms with Gasteiger partial charge in [-0.05, 0) is 51.4 Å². The highest BCUT2D eigenvalue weighted by atomic mass is 14.9. The minimum absolute atomic E-state index is 0.994. The summed E-state index contributed by atoms with van der Waals surface area (Å²) in [6, 6.07) is 29.6. The average Bonchev–Trinajstić information content (AvgIpc) is 2.72. The number of rotatable bonds is 5. The van der Waals surface area contributed by atoms with E-state index in [0.717, 1.165) is 11.4 Å². The topological polar surface area (TPSA) is 12.0 Å². The molecule has 0 bridgehead atoms. The highest BCUT2D eigenvalue weighted by Crippen LogP contribution is 2.28. The van der Waals surface area contributed by atoms with Gasteiger partial charge in [-0.15, -0.1) is 0 Å². The Morgan fingerprint density at radius 3 is 2.33 bits per heavy atom. The molecule has 0 amide bonds. The van der Waals surface area contributed by atoms with E-state index in [1.54, 1.807) is 6.08 Å². The molecule has 4 aromatic rings. The van der Waals surface area contributed by atoms with Crippen LogP contribution < -0.4 is 5.32 Å². The van der Waals surface area contributed by atoms with Crippen LogP contribution in [0.3, 0.4) is 0 Å². The number of allylic oxidation sites excluding steroid dienone is 3. The number of anilines is 1. The molecule has 0 radical (unpaired) electrons. The Morgan fingerprint density at radius 2 is 1.48 bits per heavy atom. The van der Waals surface area contributed by atoms with E-state index >= 15 is 0 Å². The first-order valence-corrected chi connectivity index (χ1v) is 9.08. The molecule has 0 saturated heterocycles. The lowest BCUT2D eigenvalue weighted by atomic mass is 10.0. The molecule has 0 fully saturated rings. The summed E-state index contributed by atoms with van der Waals surface area (Å²) in [5.74, 6) is 0. The third-order valence-corrected chi connectivity index (χ3v) is 4.59. The van der Waals surface area contributed by atoms with Gasteiger partial charge in [0.25, 0.3) is 0 Å². The van der Waals surface area contributed by atoms with Crippen LogP contribution in [0.4, 0.5) is 5.69 Å². The molecule has 4 rings (SSSR count). The Balaban J connectivity index is 1.64. The Hall–Kier alpha value is -3.58. The molecule has 0 aliphatic heterocycles. The van der Waals surface area contributed by atoms with Crippen molar-refractivity contribution in [2.75, 3.05) is 5.32 Å². The molecule has 0 aliphatic rings. The van der Waals surface area contributed by atoms with Gasteiger partial charge in [0.2, 0.25) is 0 Å². The average molecular weight is 347 g/mol. The molecule has 1 N–H and O–H groups in total. The maximum Gasteiger partial charge on any atom is 0.0390 e. The van der Waals surface area contributed by atoms with Gasteiger partial charge in [-0.1, -0.05) is 91.5 Å². The van der Waals surface area contributed by atoms with Crippen molar-refractivity contribution >= 4 is 33.3 Å². The van der Waals surface area contributed by atoms with Crippen LogP contribution in [0.1, 0.15) is 5.56 Å². The molecule has 0 heterocycles. The molecule has 27 heavy (non-hydrogen) atoms. The molecule has 1 nitrogen and oxygen atoms in total. The van der Waals surface area contributed by atoms with Gasteiger partial charge in [0.1, 0.15) is 0 Å². The van der Waals surface area contributed by atoms with Crippen LogP contribution in [0.15, 0.2) is 115 Å². The van der Waals surface area contributed by atoms with Gasteiger partial charge in [-0.3, -0.25) is 0 Å². The largest absolute Gasteiger partial charge is 0.356 e. The fraction of sp³-hybridized carbons (Fsp3) is 0. The lowest BCUT2D eigenvalue weighted by Crippen LogP contribution is -1.96. The quantitative estimate of drug-likeness (QED) is 0.297. The third-order valence-electron chi connectivity index (χ3n) is 4.59. The fourth-order valence-electron chi connectivity index (χ4n) is 3.27. The minimum atomic E-state index is 0.994. The number of fused-ring (bicyclic) bond motifs is 3. The monoisotopic (exact) mass is 347 g/mol. The Kier molecular flexibility index (Phi) is 4.84. The SMILES string of the molecule is C=C/C=C(\C=C\c1ccccc1)Nc1ccc2c(ccc3ccccc32)c1. The zero-order valence-corrected chi connectivity index (χ0v) is 15.1. The summed E-state index contributed by atoms with van der Waals surface area (Å²) in [4.78, 5) is 0. The van der Waals surface area contributed by atoms with E-state index in [4.69, 9.17) is 0 Å². The maximum absolute atomic E-state index is 3.83. The van der Waals surface area contributed by atoms with Crippen LogP contribution in [0.2, 0.25) is 0 Å².